The van der Waals surface area contributed by atoms with E-state index in [-0.39, 0.29) is 5.91 Å². The van der Waals surface area contributed by atoms with Gasteiger partial charge >= 0.3 is 0 Å². The summed E-state index contributed by atoms with van der Waals surface area (Å²) in [4.78, 5) is 16.0. The SMILES string of the molecule is Cc1c(CNC(=O)c2cnccc2NN)cnn1C. The van der Waals surface area contributed by atoms with Crippen molar-refractivity contribution < 1.29 is 4.79 Å². The van der Waals surface area contributed by atoms with Gasteiger partial charge in [-0.2, -0.15) is 5.10 Å². The summed E-state index contributed by atoms with van der Waals surface area (Å²) < 4.78 is 1.76. The van der Waals surface area contributed by atoms with Crippen LogP contribution in [0.2, 0.25) is 0 Å². The van der Waals surface area contributed by atoms with Gasteiger partial charge < -0.3 is 10.7 Å². The summed E-state index contributed by atoms with van der Waals surface area (Å²) in [5.74, 6) is 5.12. The molecule has 2 aromatic rings. The van der Waals surface area contributed by atoms with Crippen molar-refractivity contribution in [3.8, 4) is 0 Å². The minimum absolute atomic E-state index is 0.232. The second-order valence-corrected chi connectivity index (χ2v) is 4.13. The highest BCUT2D eigenvalue weighted by atomic mass is 16.1. The van der Waals surface area contributed by atoms with Gasteiger partial charge in [-0.05, 0) is 13.0 Å². The Balaban J connectivity index is 2.07. The Kier molecular flexibility index (Phi) is 3.76. The molecule has 0 aliphatic rings. The average molecular weight is 260 g/mol. The van der Waals surface area contributed by atoms with E-state index in [9.17, 15) is 4.79 Å². The molecule has 100 valence electrons. The molecule has 0 aromatic carbocycles. The summed E-state index contributed by atoms with van der Waals surface area (Å²) in [6, 6.07) is 1.64. The lowest BCUT2D eigenvalue weighted by atomic mass is 10.2. The lowest BCUT2D eigenvalue weighted by Crippen LogP contribution is -2.25. The standard InChI is InChI=1S/C12H16N6O/c1-8-9(6-16-18(8)2)5-15-12(19)10-7-14-4-3-11(10)17-13/h3-4,6-7H,5,13H2,1-2H3,(H,14,17)(H,15,19). The fraction of sp³-hybridized carbons (Fsp3) is 0.250. The molecule has 0 aliphatic heterocycles. The van der Waals surface area contributed by atoms with Gasteiger partial charge in [0, 0.05) is 37.2 Å². The number of hydrogen-bond donors (Lipinski definition) is 3. The molecule has 0 fully saturated rings. The number of nitrogens with two attached hydrogens (primary N) is 1. The van der Waals surface area contributed by atoms with E-state index in [0.29, 0.717) is 17.8 Å². The van der Waals surface area contributed by atoms with Gasteiger partial charge in [0.1, 0.15) is 0 Å². The first-order valence-electron chi connectivity index (χ1n) is 5.79. The van der Waals surface area contributed by atoms with Gasteiger partial charge in [0.15, 0.2) is 0 Å². The monoisotopic (exact) mass is 260 g/mol. The number of carbonyl (C=O) groups excluding carboxylic acids is 1. The molecule has 2 heterocycles. The van der Waals surface area contributed by atoms with Crippen LogP contribution < -0.4 is 16.6 Å². The molecule has 0 unspecified atom stereocenters. The summed E-state index contributed by atoms with van der Waals surface area (Å²) in [5, 5.41) is 6.94. The van der Waals surface area contributed by atoms with E-state index in [4.69, 9.17) is 5.84 Å². The van der Waals surface area contributed by atoms with E-state index in [1.54, 1.807) is 23.1 Å². The van der Waals surface area contributed by atoms with Crippen molar-refractivity contribution >= 4 is 11.6 Å². The fourth-order valence-corrected chi connectivity index (χ4v) is 1.69. The number of amides is 1. The van der Waals surface area contributed by atoms with Gasteiger partial charge in [-0.25, -0.2) is 0 Å². The number of rotatable bonds is 4. The first-order valence-corrected chi connectivity index (χ1v) is 5.79. The van der Waals surface area contributed by atoms with Gasteiger partial charge in [-0.3, -0.25) is 20.3 Å². The fourth-order valence-electron chi connectivity index (χ4n) is 1.69. The summed E-state index contributed by atoms with van der Waals surface area (Å²) >= 11 is 0. The average Bonchev–Trinajstić information content (AvgIpc) is 2.76. The van der Waals surface area contributed by atoms with E-state index < -0.39 is 0 Å². The molecule has 0 spiro atoms. The number of hydrazine groups is 1. The van der Waals surface area contributed by atoms with E-state index in [1.807, 2.05) is 14.0 Å². The van der Waals surface area contributed by atoms with Crippen LogP contribution in [-0.2, 0) is 13.6 Å². The quantitative estimate of drug-likeness (QED) is 0.544. The maximum absolute atomic E-state index is 12.0. The summed E-state index contributed by atoms with van der Waals surface area (Å²) in [7, 11) is 1.86. The maximum Gasteiger partial charge on any atom is 0.255 e. The molecule has 0 saturated carbocycles. The third-order valence-electron chi connectivity index (χ3n) is 3.00. The van der Waals surface area contributed by atoms with Gasteiger partial charge in [0.2, 0.25) is 0 Å². The molecular weight excluding hydrogens is 244 g/mol. The molecule has 0 saturated heterocycles. The van der Waals surface area contributed by atoms with Crippen LogP contribution >= 0.6 is 0 Å². The molecule has 0 radical (unpaired) electrons. The zero-order valence-electron chi connectivity index (χ0n) is 10.8. The Morgan fingerprint density at radius 2 is 2.26 bits per heavy atom. The first-order chi connectivity index (χ1) is 9.13. The maximum atomic E-state index is 12.0. The number of carbonyl (C=O) groups is 1. The van der Waals surface area contributed by atoms with Gasteiger partial charge in [-0.1, -0.05) is 0 Å². The second-order valence-electron chi connectivity index (χ2n) is 4.13. The number of nitrogens with zero attached hydrogens (tertiary/aromatic N) is 3. The third-order valence-corrected chi connectivity index (χ3v) is 3.00. The van der Waals surface area contributed by atoms with Crippen molar-refractivity contribution in [3.05, 3.63) is 41.5 Å². The van der Waals surface area contributed by atoms with Crippen molar-refractivity contribution in [3.63, 3.8) is 0 Å². The topological polar surface area (TPSA) is 97.9 Å². The number of nitrogen functional groups attached to an aromatic ring is 1. The summed E-state index contributed by atoms with van der Waals surface area (Å²) in [6.07, 6.45) is 4.78. The molecule has 0 atom stereocenters. The van der Waals surface area contributed by atoms with Gasteiger partial charge in [0.25, 0.3) is 5.91 Å². The minimum Gasteiger partial charge on any atom is -0.348 e. The smallest absolute Gasteiger partial charge is 0.255 e. The van der Waals surface area contributed by atoms with Crippen LogP contribution in [0, 0.1) is 6.92 Å². The number of nitrogens with one attached hydrogen (secondary N) is 2. The molecule has 0 aliphatic carbocycles. The van der Waals surface area contributed by atoms with Crippen LogP contribution in [0.5, 0.6) is 0 Å². The molecule has 7 nitrogen and oxygen atoms in total. The summed E-state index contributed by atoms with van der Waals surface area (Å²) in [6.45, 7) is 2.36. The Labute approximate surface area is 110 Å². The lowest BCUT2D eigenvalue weighted by Gasteiger charge is -2.08. The van der Waals surface area contributed by atoms with Crippen LogP contribution in [0.3, 0.4) is 0 Å². The van der Waals surface area contributed by atoms with Crippen LogP contribution in [0.1, 0.15) is 21.6 Å². The Morgan fingerprint density at radius 3 is 2.89 bits per heavy atom. The molecule has 4 N–H and O–H groups in total. The highest BCUT2D eigenvalue weighted by Gasteiger charge is 2.11. The number of aryl methyl sites for hydroxylation is 1. The van der Waals surface area contributed by atoms with Gasteiger partial charge in [0.05, 0.1) is 17.4 Å². The van der Waals surface area contributed by atoms with Gasteiger partial charge in [-0.15, -0.1) is 0 Å². The van der Waals surface area contributed by atoms with Crippen molar-refractivity contribution in [2.45, 2.75) is 13.5 Å². The summed E-state index contributed by atoms with van der Waals surface area (Å²) in [5.41, 5.74) is 5.41. The number of aromatic nitrogens is 3. The van der Waals surface area contributed by atoms with Crippen LogP contribution in [0.15, 0.2) is 24.7 Å². The van der Waals surface area contributed by atoms with Crippen molar-refractivity contribution in [2.75, 3.05) is 5.43 Å². The third kappa shape index (κ3) is 2.71. The number of pyridine rings is 1. The van der Waals surface area contributed by atoms with E-state index in [2.05, 4.69) is 20.8 Å². The predicted octanol–water partition coefficient (Wildman–Crippen LogP) is 0.339. The normalized spacial score (nSPS) is 10.3. The second kappa shape index (κ2) is 5.49. The molecule has 19 heavy (non-hydrogen) atoms. The predicted molar refractivity (Wildman–Crippen MR) is 71.2 cm³/mol. The number of anilines is 1. The zero-order valence-corrected chi connectivity index (χ0v) is 10.8. The van der Waals surface area contributed by atoms with E-state index >= 15 is 0 Å². The van der Waals surface area contributed by atoms with Crippen molar-refractivity contribution in [1.82, 2.24) is 20.1 Å². The van der Waals surface area contributed by atoms with E-state index in [0.717, 1.165) is 11.3 Å². The number of hydrogen-bond acceptors (Lipinski definition) is 5. The molecule has 2 rings (SSSR count). The van der Waals surface area contributed by atoms with Crippen molar-refractivity contribution in [1.29, 1.82) is 0 Å². The molecule has 2 aromatic heterocycles. The molecule has 0 bridgehead atoms. The Bertz CT molecular complexity index is 592. The molecular formula is C12H16N6O. The minimum atomic E-state index is -0.232. The highest BCUT2D eigenvalue weighted by Crippen LogP contribution is 2.12. The lowest BCUT2D eigenvalue weighted by molar-refractivity contribution is 0.0951. The van der Waals surface area contributed by atoms with Crippen LogP contribution in [0.4, 0.5) is 5.69 Å². The highest BCUT2D eigenvalue weighted by molar-refractivity contribution is 5.99. The van der Waals surface area contributed by atoms with Crippen molar-refractivity contribution in [2.24, 2.45) is 12.9 Å². The first kappa shape index (κ1) is 13.0. The Morgan fingerprint density at radius 1 is 1.47 bits per heavy atom. The van der Waals surface area contributed by atoms with Crippen LogP contribution in [0.25, 0.3) is 0 Å². The zero-order chi connectivity index (χ0) is 13.8. The van der Waals surface area contributed by atoms with E-state index in [1.165, 1.54) is 6.20 Å². The Hall–Kier alpha value is -2.41. The largest absolute Gasteiger partial charge is 0.348 e. The molecule has 1 amide bonds. The molecule has 7 heteroatoms. The van der Waals surface area contributed by atoms with Crippen LogP contribution in [-0.4, -0.2) is 20.7 Å².